The number of anilines is 1. The van der Waals surface area contributed by atoms with Crippen LogP contribution in [0.1, 0.15) is 71.6 Å². The van der Waals surface area contributed by atoms with Gasteiger partial charge in [-0.25, -0.2) is 4.79 Å². The molecule has 0 saturated carbocycles. The number of carbonyl (C=O) groups excluding carboxylic acids is 1. The molecule has 194 valence electrons. The van der Waals surface area contributed by atoms with Crippen molar-refractivity contribution in [2.24, 2.45) is 0 Å². The van der Waals surface area contributed by atoms with Gasteiger partial charge in [0, 0.05) is 24.8 Å². The molecule has 5 N–H and O–H groups in total. The second-order valence-corrected chi connectivity index (χ2v) is 9.76. The molecule has 2 aromatic carbocycles. The van der Waals surface area contributed by atoms with Gasteiger partial charge in [0.15, 0.2) is 0 Å². The van der Waals surface area contributed by atoms with Crippen LogP contribution in [0.3, 0.4) is 0 Å². The quantitative estimate of drug-likeness (QED) is 0.245. The highest BCUT2D eigenvalue weighted by molar-refractivity contribution is 5.93. The predicted octanol–water partition coefficient (Wildman–Crippen LogP) is 4.98. The summed E-state index contributed by atoms with van der Waals surface area (Å²) in [6, 6.07) is 14.2. The summed E-state index contributed by atoms with van der Waals surface area (Å²) in [6.45, 7) is 6.03. The van der Waals surface area contributed by atoms with Crippen LogP contribution in [0.5, 0.6) is 0 Å². The minimum Gasteiger partial charge on any atom is -0.395 e. The molecule has 1 aliphatic rings. The minimum atomic E-state index is -0.278. The summed E-state index contributed by atoms with van der Waals surface area (Å²) < 4.78 is 0. The fourth-order valence-corrected chi connectivity index (χ4v) is 4.93. The van der Waals surface area contributed by atoms with Gasteiger partial charge >= 0.3 is 6.03 Å². The van der Waals surface area contributed by atoms with E-state index in [4.69, 9.17) is 0 Å². The lowest BCUT2D eigenvalue weighted by molar-refractivity contribution is 0.0311. The van der Waals surface area contributed by atoms with Gasteiger partial charge in [0.05, 0.1) is 12.8 Å². The van der Waals surface area contributed by atoms with Crippen molar-refractivity contribution in [2.75, 3.05) is 25.0 Å². The van der Waals surface area contributed by atoms with Gasteiger partial charge in [0.1, 0.15) is 6.29 Å². The van der Waals surface area contributed by atoms with Crippen LogP contribution in [0.25, 0.3) is 10.8 Å². The third kappa shape index (κ3) is 9.08. The molecule has 0 radical (unpaired) electrons. The predicted molar refractivity (Wildman–Crippen MR) is 145 cm³/mol. The molecule has 1 saturated heterocycles. The van der Waals surface area contributed by atoms with Crippen molar-refractivity contribution in [1.82, 2.24) is 20.9 Å². The highest BCUT2D eigenvalue weighted by Gasteiger charge is 2.33. The van der Waals surface area contributed by atoms with Crippen molar-refractivity contribution >= 4 is 22.5 Å². The number of nitrogens with zero attached hydrogens (tertiary/aromatic N) is 1. The van der Waals surface area contributed by atoms with Crippen LogP contribution in [0, 0.1) is 0 Å². The van der Waals surface area contributed by atoms with Crippen LogP contribution in [0.4, 0.5) is 10.5 Å². The van der Waals surface area contributed by atoms with Gasteiger partial charge in [-0.2, -0.15) is 0 Å². The second-order valence-electron chi connectivity index (χ2n) is 9.76. The van der Waals surface area contributed by atoms with E-state index in [1.54, 1.807) is 0 Å². The zero-order chi connectivity index (χ0) is 24.9. The number of amides is 2. The zero-order valence-corrected chi connectivity index (χ0v) is 21.6. The van der Waals surface area contributed by atoms with Gasteiger partial charge < -0.3 is 15.7 Å². The molecule has 3 atom stereocenters. The Morgan fingerprint density at radius 1 is 1.03 bits per heavy atom. The van der Waals surface area contributed by atoms with E-state index in [-0.39, 0.29) is 25.1 Å². The molecule has 2 amide bonds. The number of aliphatic hydroxyl groups is 1. The first kappa shape index (κ1) is 27.4. The summed E-state index contributed by atoms with van der Waals surface area (Å²) in [7, 11) is 0. The summed E-state index contributed by atoms with van der Waals surface area (Å²) in [5.74, 6) is 0. The topological polar surface area (TPSA) is 88.7 Å². The Balaban J connectivity index is 1.54. The third-order valence-corrected chi connectivity index (χ3v) is 6.88. The Morgan fingerprint density at radius 3 is 2.49 bits per heavy atom. The van der Waals surface area contributed by atoms with Gasteiger partial charge in [0.25, 0.3) is 0 Å². The molecule has 35 heavy (non-hydrogen) atoms. The Hall–Kier alpha value is -2.19. The lowest BCUT2D eigenvalue weighted by atomic mass is 10.1. The van der Waals surface area contributed by atoms with Gasteiger partial charge in [-0.3, -0.25) is 15.5 Å². The van der Waals surface area contributed by atoms with Crippen LogP contribution in [-0.2, 0) is 0 Å². The molecule has 7 heteroatoms. The Labute approximate surface area is 211 Å². The number of fused-ring (bicyclic) bond motifs is 1. The Bertz CT molecular complexity index is 893. The number of benzene rings is 2. The lowest BCUT2D eigenvalue weighted by Crippen LogP contribution is -2.69. The molecular weight excluding hydrogens is 438 g/mol. The molecule has 1 heterocycles. The molecule has 0 bridgehead atoms. The zero-order valence-electron chi connectivity index (χ0n) is 21.6. The first-order valence-corrected chi connectivity index (χ1v) is 13.5. The molecule has 7 nitrogen and oxygen atoms in total. The highest BCUT2D eigenvalue weighted by atomic mass is 16.3. The highest BCUT2D eigenvalue weighted by Crippen LogP contribution is 2.20. The standard InChI is InChI=1S/C28H45N5O2/c1-3-4-5-6-7-8-9-12-18-33-22(2)20-26(29-17-19-34)31-27(33)32-28(35)30-25-16-15-23-13-10-11-14-24(23)21-25/h10-11,13-16,21-22,26-27,29,31,34H,3-9,12,17-20H2,1-2H3,(H2,30,32,35). The number of carbonyl (C=O) groups is 1. The molecule has 3 rings (SSSR count). The summed E-state index contributed by atoms with van der Waals surface area (Å²) >= 11 is 0. The average molecular weight is 484 g/mol. The third-order valence-electron chi connectivity index (χ3n) is 6.88. The van der Waals surface area contributed by atoms with E-state index in [1.807, 2.05) is 36.4 Å². The molecule has 0 spiro atoms. The van der Waals surface area contributed by atoms with E-state index in [0.29, 0.717) is 12.6 Å². The minimum absolute atomic E-state index is 0.0398. The van der Waals surface area contributed by atoms with E-state index >= 15 is 0 Å². The SMILES string of the molecule is CCCCCCCCCCN1C(C)CC(NCCO)NC1NC(=O)Nc1ccc2ccccc2c1. The molecule has 3 unspecified atom stereocenters. The first-order valence-electron chi connectivity index (χ1n) is 13.5. The number of hydrogen-bond donors (Lipinski definition) is 5. The van der Waals surface area contributed by atoms with Crippen LogP contribution in [0.2, 0.25) is 0 Å². The van der Waals surface area contributed by atoms with E-state index in [2.05, 4.69) is 46.1 Å². The van der Waals surface area contributed by atoms with Crippen molar-refractivity contribution in [3.63, 3.8) is 0 Å². The van der Waals surface area contributed by atoms with E-state index in [9.17, 15) is 9.90 Å². The molecule has 1 aliphatic heterocycles. The van der Waals surface area contributed by atoms with Crippen LogP contribution in [0.15, 0.2) is 42.5 Å². The van der Waals surface area contributed by atoms with Crippen LogP contribution < -0.4 is 21.3 Å². The van der Waals surface area contributed by atoms with E-state index in [0.717, 1.165) is 35.8 Å². The van der Waals surface area contributed by atoms with Crippen molar-refractivity contribution in [3.8, 4) is 0 Å². The number of aliphatic hydroxyl groups excluding tert-OH is 1. The first-order chi connectivity index (χ1) is 17.1. The summed E-state index contributed by atoms with van der Waals surface area (Å²) in [5, 5.41) is 24.5. The number of hydrogen-bond acceptors (Lipinski definition) is 5. The molecule has 0 aliphatic carbocycles. The number of nitrogens with one attached hydrogen (secondary N) is 4. The molecule has 0 aromatic heterocycles. The van der Waals surface area contributed by atoms with Gasteiger partial charge in [-0.1, -0.05) is 82.2 Å². The normalized spacial score (nSPS) is 20.7. The Morgan fingerprint density at radius 2 is 1.74 bits per heavy atom. The van der Waals surface area contributed by atoms with Crippen molar-refractivity contribution in [3.05, 3.63) is 42.5 Å². The monoisotopic (exact) mass is 483 g/mol. The number of urea groups is 1. The Kier molecular flexibility index (Phi) is 11.8. The van der Waals surface area contributed by atoms with Crippen LogP contribution >= 0.6 is 0 Å². The lowest BCUT2D eigenvalue weighted by Gasteiger charge is -2.45. The summed E-state index contributed by atoms with van der Waals surface area (Å²) in [6.07, 6.45) is 10.9. The van der Waals surface area contributed by atoms with E-state index in [1.165, 1.54) is 44.9 Å². The summed E-state index contributed by atoms with van der Waals surface area (Å²) in [5.41, 5.74) is 0.773. The average Bonchev–Trinajstić information content (AvgIpc) is 2.85. The van der Waals surface area contributed by atoms with Gasteiger partial charge in [0.2, 0.25) is 0 Å². The molecular formula is C28H45N5O2. The molecule has 2 aromatic rings. The van der Waals surface area contributed by atoms with Crippen LogP contribution in [-0.4, -0.2) is 54.2 Å². The second kappa shape index (κ2) is 15.0. The number of unbranched alkanes of at least 4 members (excludes halogenated alkanes) is 7. The van der Waals surface area contributed by atoms with Gasteiger partial charge in [-0.15, -0.1) is 0 Å². The maximum Gasteiger partial charge on any atom is 0.321 e. The maximum absolute atomic E-state index is 12.9. The van der Waals surface area contributed by atoms with Crippen molar-refractivity contribution < 1.29 is 9.90 Å². The maximum atomic E-state index is 12.9. The van der Waals surface area contributed by atoms with Crippen molar-refractivity contribution in [2.45, 2.75) is 90.1 Å². The number of rotatable bonds is 14. The van der Waals surface area contributed by atoms with E-state index < -0.39 is 0 Å². The molecule has 1 fully saturated rings. The van der Waals surface area contributed by atoms with Crippen molar-refractivity contribution in [1.29, 1.82) is 0 Å². The van der Waals surface area contributed by atoms with Gasteiger partial charge in [-0.05, 0) is 42.7 Å². The fourth-order valence-electron chi connectivity index (χ4n) is 4.93. The smallest absolute Gasteiger partial charge is 0.321 e. The summed E-state index contributed by atoms with van der Waals surface area (Å²) in [4.78, 5) is 15.3. The largest absolute Gasteiger partial charge is 0.395 e. The fraction of sp³-hybridized carbons (Fsp3) is 0.607.